The van der Waals surface area contributed by atoms with Crippen LogP contribution in [0.15, 0.2) is 36.9 Å². The molecule has 0 aliphatic heterocycles. The lowest BCUT2D eigenvalue weighted by molar-refractivity contribution is 0.0706. The molecular weight excluding hydrogens is 400 g/mol. The summed E-state index contributed by atoms with van der Waals surface area (Å²) in [6, 6.07) is 3.39. The highest BCUT2D eigenvalue weighted by atomic mass is 16.5. The van der Waals surface area contributed by atoms with Crippen molar-refractivity contribution in [1.29, 1.82) is 0 Å². The number of esters is 1. The number of nitrogens with zero attached hydrogens (tertiary/aromatic N) is 8. The van der Waals surface area contributed by atoms with Crippen molar-refractivity contribution < 1.29 is 9.53 Å². The van der Waals surface area contributed by atoms with Crippen LogP contribution in [-0.2, 0) is 12.8 Å². The largest absolute Gasteiger partial charge is 0.385 e. The average Bonchev–Trinajstić information content (AvgIpc) is 3.36. The van der Waals surface area contributed by atoms with E-state index in [2.05, 4.69) is 30.1 Å². The van der Waals surface area contributed by atoms with Crippen LogP contribution in [0.5, 0.6) is 6.01 Å². The summed E-state index contributed by atoms with van der Waals surface area (Å²) in [5.41, 5.74) is 14.6. The van der Waals surface area contributed by atoms with Gasteiger partial charge in [-0.3, -0.25) is 0 Å². The molecule has 0 radical (unpaired) electrons. The van der Waals surface area contributed by atoms with Gasteiger partial charge in [0.25, 0.3) is 0 Å². The molecule has 0 aliphatic carbocycles. The van der Waals surface area contributed by atoms with Gasteiger partial charge in [0.2, 0.25) is 5.82 Å². The molecule has 12 heteroatoms. The second-order valence-corrected chi connectivity index (χ2v) is 6.53. The quantitative estimate of drug-likeness (QED) is 0.432. The predicted octanol–water partition coefficient (Wildman–Crippen LogP) is 1.15. The number of hydrogen-bond acceptors (Lipinski definition) is 10. The third-order valence-electron chi connectivity index (χ3n) is 4.41. The molecule has 4 N–H and O–H groups in total. The van der Waals surface area contributed by atoms with Gasteiger partial charge in [-0.2, -0.15) is 10.2 Å². The molecule has 0 fully saturated rings. The third-order valence-corrected chi connectivity index (χ3v) is 4.41. The fourth-order valence-electron chi connectivity index (χ4n) is 2.79. The van der Waals surface area contributed by atoms with Crippen LogP contribution < -0.4 is 16.2 Å². The summed E-state index contributed by atoms with van der Waals surface area (Å²) in [6.07, 6.45) is 7.26. The van der Waals surface area contributed by atoms with Gasteiger partial charge in [0.15, 0.2) is 0 Å². The van der Waals surface area contributed by atoms with E-state index < -0.39 is 5.97 Å². The maximum Gasteiger partial charge on any atom is 0.384 e. The molecule has 0 atom stereocenters. The van der Waals surface area contributed by atoms with E-state index in [9.17, 15) is 4.79 Å². The highest BCUT2D eigenvalue weighted by Gasteiger charge is 2.16. The fraction of sp³-hybridized carbons (Fsp3) is 0.211. The molecule has 4 aromatic rings. The lowest BCUT2D eigenvalue weighted by Crippen LogP contribution is -2.15. The van der Waals surface area contributed by atoms with Gasteiger partial charge in [-0.15, -0.1) is 0 Å². The predicted molar refractivity (Wildman–Crippen MR) is 111 cm³/mol. The minimum atomic E-state index is -0.797. The summed E-state index contributed by atoms with van der Waals surface area (Å²) in [5.74, 6) is -0.0358. The zero-order chi connectivity index (χ0) is 22.0. The van der Waals surface area contributed by atoms with Gasteiger partial charge < -0.3 is 16.2 Å². The van der Waals surface area contributed by atoms with Crippen molar-refractivity contribution in [2.45, 2.75) is 26.7 Å². The summed E-state index contributed by atoms with van der Waals surface area (Å²) in [7, 11) is 0. The number of carbonyl (C=O) groups excluding carboxylic acids is 1. The third kappa shape index (κ3) is 4.03. The number of aromatic nitrogens is 8. The molecule has 31 heavy (non-hydrogen) atoms. The number of anilines is 2. The zero-order valence-corrected chi connectivity index (χ0v) is 16.9. The maximum atomic E-state index is 12.3. The van der Waals surface area contributed by atoms with Crippen molar-refractivity contribution in [1.82, 2.24) is 39.5 Å². The number of hydrogen-bond donors (Lipinski definition) is 2. The SMILES string of the molecule is CCc1cc(N)n(-c2cnc(OC(=O)c3ncc(-n4nc(CC)cc4N)cn3)nc2)n1. The summed E-state index contributed by atoms with van der Waals surface area (Å²) in [6.45, 7) is 3.95. The van der Waals surface area contributed by atoms with Crippen LogP contribution in [0.1, 0.15) is 35.9 Å². The van der Waals surface area contributed by atoms with Gasteiger partial charge >= 0.3 is 12.0 Å². The standard InChI is InChI=1S/C19H20N10O2/c1-3-11-5-15(20)28(26-11)13-7-22-17(23-8-13)18(30)31-19-24-9-14(10-25-19)29-16(21)6-12(4-2)27-29/h5-10H,3-4,20-21H2,1-2H3. The van der Waals surface area contributed by atoms with Crippen LogP contribution in [0.2, 0.25) is 0 Å². The van der Waals surface area contributed by atoms with E-state index in [1.165, 1.54) is 34.2 Å². The molecule has 12 nitrogen and oxygen atoms in total. The molecule has 158 valence electrons. The van der Waals surface area contributed by atoms with E-state index >= 15 is 0 Å². The number of nitrogen functional groups attached to an aromatic ring is 2. The van der Waals surface area contributed by atoms with Gasteiger partial charge in [-0.25, -0.2) is 34.1 Å². The number of rotatable bonds is 6. The lowest BCUT2D eigenvalue weighted by atomic mass is 10.3. The van der Waals surface area contributed by atoms with E-state index in [4.69, 9.17) is 16.2 Å². The first-order chi connectivity index (χ1) is 15.0. The smallest absolute Gasteiger partial charge is 0.384 e. The van der Waals surface area contributed by atoms with Gasteiger partial charge in [0.1, 0.15) is 23.0 Å². The Kier molecular flexibility index (Phi) is 5.26. The molecule has 4 heterocycles. The summed E-state index contributed by atoms with van der Waals surface area (Å²) >= 11 is 0. The Morgan fingerprint density at radius 1 is 0.839 bits per heavy atom. The first-order valence-corrected chi connectivity index (χ1v) is 9.54. The molecule has 0 saturated heterocycles. The second-order valence-electron chi connectivity index (χ2n) is 6.53. The van der Waals surface area contributed by atoms with Crippen molar-refractivity contribution in [2.75, 3.05) is 11.5 Å². The highest BCUT2D eigenvalue weighted by molar-refractivity contribution is 5.86. The van der Waals surface area contributed by atoms with Gasteiger partial charge in [0.05, 0.1) is 36.2 Å². The van der Waals surface area contributed by atoms with Crippen molar-refractivity contribution >= 4 is 17.6 Å². The topological polar surface area (TPSA) is 166 Å². The average molecular weight is 420 g/mol. The van der Waals surface area contributed by atoms with Crippen LogP contribution >= 0.6 is 0 Å². The van der Waals surface area contributed by atoms with Crippen molar-refractivity contribution in [3.05, 3.63) is 54.1 Å². The molecule has 0 amide bonds. The second kappa shape index (κ2) is 8.18. The first kappa shape index (κ1) is 19.9. The molecule has 0 bridgehead atoms. The first-order valence-electron chi connectivity index (χ1n) is 9.54. The molecule has 0 unspecified atom stereocenters. The zero-order valence-electron chi connectivity index (χ0n) is 16.9. The lowest BCUT2D eigenvalue weighted by Gasteiger charge is -2.06. The molecule has 4 rings (SSSR count). The van der Waals surface area contributed by atoms with Crippen LogP contribution in [0.3, 0.4) is 0 Å². The Bertz CT molecular complexity index is 1210. The number of nitrogens with two attached hydrogens (primary N) is 2. The Morgan fingerprint density at radius 2 is 1.29 bits per heavy atom. The van der Waals surface area contributed by atoms with Crippen molar-refractivity contribution in [3.63, 3.8) is 0 Å². The Labute approximate surface area is 176 Å². The Hall–Kier alpha value is -4.35. The Balaban J connectivity index is 1.46. The van der Waals surface area contributed by atoms with Crippen LogP contribution in [-0.4, -0.2) is 45.5 Å². The molecule has 0 saturated carbocycles. The minimum absolute atomic E-state index is 0.147. The fourth-order valence-corrected chi connectivity index (χ4v) is 2.79. The van der Waals surface area contributed by atoms with E-state index in [1.807, 2.05) is 13.8 Å². The van der Waals surface area contributed by atoms with Crippen molar-refractivity contribution in [3.8, 4) is 17.4 Å². The number of ether oxygens (including phenoxy) is 1. The van der Waals surface area contributed by atoms with E-state index in [0.717, 1.165) is 24.2 Å². The molecular formula is C19H20N10O2. The monoisotopic (exact) mass is 420 g/mol. The normalized spacial score (nSPS) is 10.9. The van der Waals surface area contributed by atoms with Crippen LogP contribution in [0.25, 0.3) is 11.4 Å². The van der Waals surface area contributed by atoms with Gasteiger partial charge in [-0.05, 0) is 12.8 Å². The number of carbonyl (C=O) groups is 1. The van der Waals surface area contributed by atoms with Gasteiger partial charge in [0, 0.05) is 12.1 Å². The summed E-state index contributed by atoms with van der Waals surface area (Å²) in [5, 5.41) is 8.70. The summed E-state index contributed by atoms with van der Waals surface area (Å²) < 4.78 is 8.16. The molecule has 0 aromatic carbocycles. The van der Waals surface area contributed by atoms with Gasteiger partial charge in [-0.1, -0.05) is 13.8 Å². The number of aryl methyl sites for hydroxylation is 2. The maximum absolute atomic E-state index is 12.3. The highest BCUT2D eigenvalue weighted by Crippen LogP contribution is 2.16. The van der Waals surface area contributed by atoms with E-state index in [1.54, 1.807) is 12.1 Å². The Morgan fingerprint density at radius 3 is 1.71 bits per heavy atom. The molecule has 0 aliphatic rings. The minimum Gasteiger partial charge on any atom is -0.385 e. The summed E-state index contributed by atoms with van der Waals surface area (Å²) in [4.78, 5) is 28.4. The van der Waals surface area contributed by atoms with Crippen molar-refractivity contribution in [2.24, 2.45) is 0 Å². The van der Waals surface area contributed by atoms with Crippen LogP contribution in [0, 0.1) is 0 Å². The molecule has 4 aromatic heterocycles. The molecule has 0 spiro atoms. The van der Waals surface area contributed by atoms with E-state index in [0.29, 0.717) is 23.0 Å². The van der Waals surface area contributed by atoms with Crippen LogP contribution in [0.4, 0.5) is 11.6 Å². The van der Waals surface area contributed by atoms with E-state index in [-0.39, 0.29) is 11.8 Å².